The summed E-state index contributed by atoms with van der Waals surface area (Å²) in [6.45, 7) is 10.7. The van der Waals surface area contributed by atoms with Crippen molar-refractivity contribution in [3.05, 3.63) is 35.9 Å². The first-order valence-electron chi connectivity index (χ1n) is 10.5. The fourth-order valence-corrected chi connectivity index (χ4v) is 5.53. The molecule has 0 atom stereocenters. The van der Waals surface area contributed by atoms with Crippen molar-refractivity contribution < 1.29 is 9.53 Å². The number of morpholine rings is 1. The summed E-state index contributed by atoms with van der Waals surface area (Å²) in [5.41, 5.74) is 6.77. The average molecular weight is 473 g/mol. The second-order valence-electron chi connectivity index (χ2n) is 8.95. The molecule has 4 heterocycles. The van der Waals surface area contributed by atoms with Gasteiger partial charge in [-0.05, 0) is 12.1 Å². The van der Waals surface area contributed by atoms with E-state index in [4.69, 9.17) is 10.5 Å². The molecule has 4 rings (SSSR count). The Morgan fingerprint density at radius 1 is 1.31 bits per heavy atom. The molecule has 0 unspecified atom stereocenters. The van der Waals surface area contributed by atoms with Gasteiger partial charge in [-0.2, -0.15) is 0 Å². The third kappa shape index (κ3) is 5.76. The lowest BCUT2D eigenvalue weighted by Gasteiger charge is -2.25. The summed E-state index contributed by atoms with van der Waals surface area (Å²) >= 11 is 1.40. The molecule has 0 aliphatic carbocycles. The maximum atomic E-state index is 12.1. The fourth-order valence-electron chi connectivity index (χ4n) is 3.39. The van der Waals surface area contributed by atoms with Crippen LogP contribution in [0.3, 0.4) is 0 Å². The van der Waals surface area contributed by atoms with Gasteiger partial charge >= 0.3 is 0 Å². The molecule has 0 aromatic carbocycles. The smallest absolute Gasteiger partial charge is 0.251 e. The number of primary amides is 1. The normalized spacial score (nSPS) is 15.1. The zero-order valence-corrected chi connectivity index (χ0v) is 20.4. The van der Waals surface area contributed by atoms with E-state index in [-0.39, 0.29) is 0 Å². The van der Waals surface area contributed by atoms with Crippen molar-refractivity contribution >= 4 is 36.1 Å². The predicted octanol–water partition coefficient (Wildman–Crippen LogP) is 2.35. The molecule has 12 heteroatoms. The topological polar surface area (TPSA) is 124 Å². The lowest BCUT2D eigenvalue weighted by atomic mass is 10.2. The van der Waals surface area contributed by atoms with Crippen LogP contribution in [0.15, 0.2) is 24.5 Å². The van der Waals surface area contributed by atoms with E-state index in [1.807, 2.05) is 10.9 Å². The highest BCUT2D eigenvalue weighted by Gasteiger charge is 2.20. The van der Waals surface area contributed by atoms with Crippen LogP contribution in [-0.2, 0) is 17.4 Å². The molecule has 1 fully saturated rings. The summed E-state index contributed by atoms with van der Waals surface area (Å²) in [5, 5.41) is 12.4. The summed E-state index contributed by atoms with van der Waals surface area (Å²) in [6.07, 6.45) is 4.52. The lowest BCUT2D eigenvalue weighted by Crippen LogP contribution is -2.36. The minimum atomic E-state index is -1.33. The van der Waals surface area contributed by atoms with E-state index in [9.17, 15) is 4.79 Å². The van der Waals surface area contributed by atoms with Gasteiger partial charge in [-0.3, -0.25) is 14.4 Å². The average Bonchev–Trinajstić information content (AvgIpc) is 3.35. The van der Waals surface area contributed by atoms with Crippen LogP contribution in [0.2, 0.25) is 19.6 Å². The van der Waals surface area contributed by atoms with Crippen molar-refractivity contribution in [2.45, 2.75) is 32.4 Å². The molecule has 0 spiro atoms. The third-order valence-electron chi connectivity index (χ3n) is 4.84. The van der Waals surface area contributed by atoms with E-state index in [1.54, 1.807) is 18.3 Å². The summed E-state index contributed by atoms with van der Waals surface area (Å²) in [5.74, 6) is 0.817. The minimum Gasteiger partial charge on any atom is -0.379 e. The summed E-state index contributed by atoms with van der Waals surface area (Å²) in [7, 11) is -1.33. The molecule has 1 aliphatic rings. The Balaban J connectivity index is 1.53. The molecule has 32 heavy (non-hydrogen) atoms. The Hall–Kier alpha value is -2.67. The number of hydrogen-bond donors (Lipinski definition) is 2. The van der Waals surface area contributed by atoms with Gasteiger partial charge in [0, 0.05) is 25.5 Å². The number of carbonyl (C=O) groups excluding carboxylic acids is 1. The molecule has 3 aromatic rings. The quantitative estimate of drug-likeness (QED) is 0.479. The van der Waals surface area contributed by atoms with E-state index in [0.717, 1.165) is 43.0 Å². The number of amides is 1. The Bertz CT molecular complexity index is 1090. The van der Waals surface area contributed by atoms with Crippen molar-refractivity contribution in [2.75, 3.05) is 31.6 Å². The van der Waals surface area contributed by atoms with Crippen molar-refractivity contribution in [2.24, 2.45) is 5.73 Å². The van der Waals surface area contributed by atoms with Crippen LogP contribution < -0.4 is 11.1 Å². The van der Waals surface area contributed by atoms with Crippen LogP contribution >= 0.6 is 11.3 Å². The highest BCUT2D eigenvalue weighted by molar-refractivity contribution is 7.19. The Morgan fingerprint density at radius 2 is 2.09 bits per heavy atom. The Morgan fingerprint density at radius 3 is 2.81 bits per heavy atom. The summed E-state index contributed by atoms with van der Waals surface area (Å²) in [4.78, 5) is 24.1. The molecular weight excluding hydrogens is 444 g/mol. The standard InChI is InChI=1S/C20H28N8O2SSi/c1-32(2,3)13-28-11-15(25-26-28)16-10-14(19(21)29)20(31-16)24-17-4-5-22-18(23-17)12-27-6-8-30-9-7-27/h4-5,10-11H,6-9,12-13H2,1-3H3,(H2,21,29)(H,22,23,24). The van der Waals surface area contributed by atoms with Gasteiger partial charge in [0.15, 0.2) is 0 Å². The number of anilines is 2. The molecule has 1 amide bonds. The molecule has 3 N–H and O–H groups in total. The van der Waals surface area contributed by atoms with E-state index in [0.29, 0.717) is 28.8 Å². The lowest BCUT2D eigenvalue weighted by molar-refractivity contribution is 0.0331. The van der Waals surface area contributed by atoms with Gasteiger partial charge in [0.1, 0.15) is 22.3 Å². The van der Waals surface area contributed by atoms with E-state index in [1.165, 1.54) is 11.3 Å². The monoisotopic (exact) mass is 472 g/mol. The van der Waals surface area contributed by atoms with Crippen LogP contribution in [0.1, 0.15) is 16.2 Å². The molecule has 0 saturated carbocycles. The van der Waals surface area contributed by atoms with Crippen molar-refractivity contribution in [3.8, 4) is 10.6 Å². The highest BCUT2D eigenvalue weighted by atomic mass is 32.1. The first kappa shape index (κ1) is 22.5. The van der Waals surface area contributed by atoms with Crippen molar-refractivity contribution in [1.82, 2.24) is 29.9 Å². The maximum absolute atomic E-state index is 12.1. The molecule has 1 aliphatic heterocycles. The van der Waals surface area contributed by atoms with Crippen LogP contribution in [-0.4, -0.2) is 70.1 Å². The molecule has 0 bridgehead atoms. The molecule has 3 aromatic heterocycles. The number of rotatable bonds is 8. The number of hydrogen-bond acceptors (Lipinski definition) is 9. The van der Waals surface area contributed by atoms with Gasteiger partial charge in [0.05, 0.1) is 44.5 Å². The fraction of sp³-hybridized carbons (Fsp3) is 0.450. The molecule has 1 saturated heterocycles. The minimum absolute atomic E-state index is 0.401. The van der Waals surface area contributed by atoms with Gasteiger partial charge in [-0.15, -0.1) is 16.4 Å². The van der Waals surface area contributed by atoms with Gasteiger partial charge in [-0.25, -0.2) is 9.97 Å². The number of thiophene rings is 1. The van der Waals surface area contributed by atoms with E-state index >= 15 is 0 Å². The molecule has 170 valence electrons. The maximum Gasteiger partial charge on any atom is 0.251 e. The van der Waals surface area contributed by atoms with Crippen LogP contribution in [0.4, 0.5) is 10.8 Å². The van der Waals surface area contributed by atoms with Crippen LogP contribution in [0.25, 0.3) is 10.6 Å². The first-order valence-corrected chi connectivity index (χ1v) is 15.0. The number of nitrogens with zero attached hydrogens (tertiary/aromatic N) is 6. The second-order valence-corrected chi connectivity index (χ2v) is 15.4. The number of ether oxygens (including phenoxy) is 1. The van der Waals surface area contributed by atoms with Gasteiger partial charge < -0.3 is 15.8 Å². The Kier molecular flexibility index (Phi) is 6.65. The number of carbonyl (C=O) groups is 1. The van der Waals surface area contributed by atoms with Gasteiger partial charge in [0.2, 0.25) is 0 Å². The van der Waals surface area contributed by atoms with Crippen LogP contribution in [0, 0.1) is 0 Å². The highest BCUT2D eigenvalue weighted by Crippen LogP contribution is 2.35. The van der Waals surface area contributed by atoms with Crippen LogP contribution in [0.5, 0.6) is 0 Å². The first-order chi connectivity index (χ1) is 15.3. The summed E-state index contributed by atoms with van der Waals surface area (Å²) < 4.78 is 7.27. The van der Waals surface area contributed by atoms with Gasteiger partial charge in [-0.1, -0.05) is 24.9 Å². The van der Waals surface area contributed by atoms with Crippen molar-refractivity contribution in [1.29, 1.82) is 0 Å². The zero-order valence-electron chi connectivity index (χ0n) is 18.5. The van der Waals surface area contributed by atoms with Crippen molar-refractivity contribution in [3.63, 3.8) is 0 Å². The third-order valence-corrected chi connectivity index (χ3v) is 7.19. The SMILES string of the molecule is C[Si](C)(C)Cn1cc(-c2cc(C(N)=O)c(Nc3ccnc(CN4CCOCC4)n3)s2)nn1. The van der Waals surface area contributed by atoms with Gasteiger partial charge in [0.25, 0.3) is 5.91 Å². The largest absolute Gasteiger partial charge is 0.379 e. The Labute approximate surface area is 191 Å². The number of aromatic nitrogens is 5. The predicted molar refractivity (Wildman–Crippen MR) is 127 cm³/mol. The molecular formula is C20H28N8O2SSi. The second kappa shape index (κ2) is 9.44. The number of nitrogens with two attached hydrogens (primary N) is 1. The zero-order chi connectivity index (χ0) is 22.7. The number of nitrogens with one attached hydrogen (secondary N) is 1. The molecule has 10 nitrogen and oxygen atoms in total. The van der Waals surface area contributed by atoms with E-state index in [2.05, 4.69) is 50.1 Å². The van der Waals surface area contributed by atoms with E-state index < -0.39 is 14.0 Å². The summed E-state index contributed by atoms with van der Waals surface area (Å²) in [6, 6.07) is 3.53. The molecule has 0 radical (unpaired) electrons.